The van der Waals surface area contributed by atoms with Crippen molar-refractivity contribution in [3.8, 4) is 28.1 Å². The van der Waals surface area contributed by atoms with Crippen LogP contribution in [0.4, 0.5) is 17.1 Å². The summed E-state index contributed by atoms with van der Waals surface area (Å²) in [5.41, 5.74) is 20.7. The standard InChI is InChI=1S/C49H32BN3O/c1-49(2)38-24-11-9-19-33(38)46-42(49)35-22-13-21-32-37-27-31(51(29-15-5-3-6-16-29)30-17-7-4-8-18-30)28-40-43(37)50(53(46)44(32)35)39-25-14-23-36-45(39)52(40)47-34-20-10-12-26-41(34)54-48(36)47/h3-28H,1-2H3. The van der Waals surface area contributed by atoms with E-state index in [0.29, 0.717) is 0 Å². The van der Waals surface area contributed by atoms with Crippen LogP contribution in [-0.4, -0.2) is 15.9 Å². The fourth-order valence-electron chi connectivity index (χ4n) is 10.6. The molecule has 3 aliphatic rings. The predicted octanol–water partition coefficient (Wildman–Crippen LogP) is 11.2. The van der Waals surface area contributed by atoms with E-state index in [2.05, 4.69) is 186 Å². The molecule has 54 heavy (non-hydrogen) atoms. The molecule has 10 aromatic rings. The molecular weight excluding hydrogens is 657 g/mol. The maximum atomic E-state index is 6.79. The lowest BCUT2D eigenvalue weighted by Crippen LogP contribution is -2.55. The molecule has 5 heteroatoms. The molecule has 0 bridgehead atoms. The summed E-state index contributed by atoms with van der Waals surface area (Å²) in [5.74, 6) is 0. The van der Waals surface area contributed by atoms with Crippen molar-refractivity contribution in [1.29, 1.82) is 0 Å². The van der Waals surface area contributed by atoms with Gasteiger partial charge in [-0.15, -0.1) is 0 Å². The zero-order valence-corrected chi connectivity index (χ0v) is 29.8. The van der Waals surface area contributed by atoms with E-state index in [9.17, 15) is 0 Å². The van der Waals surface area contributed by atoms with E-state index < -0.39 is 0 Å². The van der Waals surface area contributed by atoms with Crippen molar-refractivity contribution in [3.05, 3.63) is 169 Å². The normalized spacial score (nSPS) is 14.2. The summed E-state index contributed by atoms with van der Waals surface area (Å²) in [6, 6.07) is 57.9. The Balaban J connectivity index is 1.24. The summed E-state index contributed by atoms with van der Waals surface area (Å²) < 4.78 is 12.0. The molecule has 0 fully saturated rings. The van der Waals surface area contributed by atoms with Gasteiger partial charge in [-0.3, -0.25) is 0 Å². The number of hydrogen-bond donors (Lipinski definition) is 0. The smallest absolute Gasteiger partial charge is 0.333 e. The summed E-state index contributed by atoms with van der Waals surface area (Å²) in [5, 5.41) is 3.63. The monoisotopic (exact) mass is 689 g/mol. The van der Waals surface area contributed by atoms with Gasteiger partial charge in [0.1, 0.15) is 11.1 Å². The first-order chi connectivity index (χ1) is 26.6. The molecule has 0 radical (unpaired) electrons. The van der Waals surface area contributed by atoms with Gasteiger partial charge in [-0.25, -0.2) is 0 Å². The minimum absolute atomic E-state index is 0.0319. The van der Waals surface area contributed by atoms with Crippen molar-refractivity contribution >= 4 is 78.7 Å². The van der Waals surface area contributed by atoms with E-state index in [4.69, 9.17) is 4.42 Å². The Morgan fingerprint density at radius 3 is 2.04 bits per heavy atom. The molecule has 0 amide bonds. The second kappa shape index (κ2) is 9.83. The molecule has 5 heterocycles. The largest absolute Gasteiger partial charge is 0.454 e. The maximum Gasteiger partial charge on any atom is 0.333 e. The number of para-hydroxylation sites is 5. The first-order valence-electron chi connectivity index (χ1n) is 18.9. The molecule has 0 N–H and O–H groups in total. The summed E-state index contributed by atoms with van der Waals surface area (Å²) in [7, 11) is 0. The van der Waals surface area contributed by atoms with Gasteiger partial charge in [0.25, 0.3) is 0 Å². The molecule has 13 rings (SSSR count). The quantitative estimate of drug-likeness (QED) is 0.173. The number of anilines is 3. The van der Waals surface area contributed by atoms with Crippen molar-refractivity contribution in [1.82, 2.24) is 9.05 Å². The third-order valence-electron chi connectivity index (χ3n) is 12.6. The van der Waals surface area contributed by atoms with Gasteiger partial charge in [-0.2, -0.15) is 0 Å². The van der Waals surface area contributed by atoms with Crippen LogP contribution in [0.1, 0.15) is 25.0 Å². The van der Waals surface area contributed by atoms with Gasteiger partial charge in [-0.1, -0.05) is 117 Å². The van der Waals surface area contributed by atoms with Crippen LogP contribution in [0.3, 0.4) is 0 Å². The van der Waals surface area contributed by atoms with Crippen molar-refractivity contribution in [2.45, 2.75) is 19.3 Å². The lowest BCUT2D eigenvalue weighted by atomic mass is 9.45. The van der Waals surface area contributed by atoms with Gasteiger partial charge in [0.2, 0.25) is 0 Å². The molecule has 0 atom stereocenters. The number of furan rings is 1. The van der Waals surface area contributed by atoms with Gasteiger partial charge in [0, 0.05) is 66.7 Å². The Labute approximate surface area is 312 Å². The molecule has 0 spiro atoms. The minimum Gasteiger partial charge on any atom is -0.454 e. The Kier molecular flexibility index (Phi) is 5.24. The third kappa shape index (κ3) is 3.33. The zero-order valence-electron chi connectivity index (χ0n) is 29.8. The molecule has 0 saturated heterocycles. The van der Waals surface area contributed by atoms with Crippen LogP contribution in [0.5, 0.6) is 0 Å². The Hall–Kier alpha value is -6.72. The average molecular weight is 690 g/mol. The highest BCUT2D eigenvalue weighted by molar-refractivity contribution is 6.89. The van der Waals surface area contributed by atoms with E-state index in [1.807, 2.05) is 0 Å². The van der Waals surface area contributed by atoms with E-state index in [1.165, 1.54) is 66.5 Å². The molecule has 7 aromatic carbocycles. The molecule has 4 nitrogen and oxygen atoms in total. The highest BCUT2D eigenvalue weighted by atomic mass is 16.3. The van der Waals surface area contributed by atoms with Crippen molar-refractivity contribution in [2.75, 3.05) is 4.90 Å². The summed E-state index contributed by atoms with van der Waals surface area (Å²) in [6.07, 6.45) is 0. The predicted molar refractivity (Wildman–Crippen MR) is 224 cm³/mol. The third-order valence-corrected chi connectivity index (χ3v) is 12.6. The second-order valence-electron chi connectivity index (χ2n) is 15.7. The number of rotatable bonds is 3. The highest BCUT2D eigenvalue weighted by Crippen LogP contribution is 2.56. The van der Waals surface area contributed by atoms with Gasteiger partial charge in [-0.05, 0) is 82.2 Å². The van der Waals surface area contributed by atoms with Gasteiger partial charge >= 0.3 is 6.85 Å². The van der Waals surface area contributed by atoms with E-state index in [-0.39, 0.29) is 12.3 Å². The molecule has 3 aromatic heterocycles. The highest BCUT2D eigenvalue weighted by Gasteiger charge is 2.48. The number of aromatic nitrogens is 2. The second-order valence-corrected chi connectivity index (χ2v) is 15.7. The number of benzene rings is 7. The molecule has 252 valence electrons. The van der Waals surface area contributed by atoms with Crippen molar-refractivity contribution in [3.63, 3.8) is 0 Å². The fraction of sp³-hybridized carbons (Fsp3) is 0.0612. The van der Waals surface area contributed by atoms with Gasteiger partial charge < -0.3 is 18.4 Å². The summed E-state index contributed by atoms with van der Waals surface area (Å²) in [4.78, 5) is 2.41. The molecule has 2 aliphatic heterocycles. The molecule has 0 unspecified atom stereocenters. The summed E-state index contributed by atoms with van der Waals surface area (Å²) in [6.45, 7) is 4.79. The first kappa shape index (κ1) is 28.8. The van der Waals surface area contributed by atoms with E-state index in [1.54, 1.807) is 0 Å². The Morgan fingerprint density at radius 2 is 1.22 bits per heavy atom. The van der Waals surface area contributed by atoms with Crippen LogP contribution >= 0.6 is 0 Å². The molecular formula is C49H32BN3O. The van der Waals surface area contributed by atoms with Crippen LogP contribution in [0.25, 0.3) is 71.9 Å². The zero-order chi connectivity index (χ0) is 35.4. The lowest BCUT2D eigenvalue weighted by Gasteiger charge is -2.36. The van der Waals surface area contributed by atoms with Crippen LogP contribution in [0, 0.1) is 0 Å². The SMILES string of the molecule is CC1(C)c2ccccc2-c2c1c1cccc3c1n2B1c2c-3cc(N(c3ccccc3)c3ccccc3)cc2-n2c3c1cccc3c1oc3ccccc3c12. The van der Waals surface area contributed by atoms with Crippen molar-refractivity contribution < 1.29 is 4.42 Å². The van der Waals surface area contributed by atoms with Crippen molar-refractivity contribution in [2.24, 2.45) is 0 Å². The lowest BCUT2D eigenvalue weighted by molar-refractivity contribution is 0.666. The number of hydrogen-bond acceptors (Lipinski definition) is 2. The Morgan fingerprint density at radius 1 is 0.556 bits per heavy atom. The van der Waals surface area contributed by atoms with E-state index >= 15 is 0 Å². The first-order valence-corrected chi connectivity index (χ1v) is 18.9. The minimum atomic E-state index is -0.143. The molecule has 0 saturated carbocycles. The van der Waals surface area contributed by atoms with Crippen LogP contribution in [0.2, 0.25) is 0 Å². The van der Waals surface area contributed by atoms with Crippen LogP contribution in [0.15, 0.2) is 162 Å². The average Bonchev–Trinajstić information content (AvgIpc) is 3.93. The topological polar surface area (TPSA) is 26.2 Å². The van der Waals surface area contributed by atoms with Gasteiger partial charge in [0.15, 0.2) is 5.58 Å². The van der Waals surface area contributed by atoms with E-state index in [0.717, 1.165) is 44.5 Å². The number of nitrogens with zero attached hydrogens (tertiary/aromatic N) is 3. The Bertz CT molecular complexity index is 3220. The maximum absolute atomic E-state index is 6.79. The molecule has 1 aliphatic carbocycles. The number of fused-ring (bicyclic) bond motifs is 14. The van der Waals surface area contributed by atoms with Crippen LogP contribution < -0.4 is 15.8 Å². The van der Waals surface area contributed by atoms with Crippen LogP contribution in [-0.2, 0) is 5.41 Å². The fourth-order valence-corrected chi connectivity index (χ4v) is 10.6. The van der Waals surface area contributed by atoms with Gasteiger partial charge in [0.05, 0.1) is 5.52 Å². The summed E-state index contributed by atoms with van der Waals surface area (Å²) >= 11 is 0.